The fraction of sp³-hybridized carbons (Fsp3) is 0. The summed E-state index contributed by atoms with van der Waals surface area (Å²) in [6.45, 7) is 0. The first kappa shape index (κ1) is 9.33. The molecule has 0 saturated heterocycles. The van der Waals surface area contributed by atoms with Gasteiger partial charge in [0, 0.05) is 30.5 Å². The molecule has 74 valence electrons. The minimum Gasteiger partial charge on any atom is -0.346 e. The van der Waals surface area contributed by atoms with E-state index < -0.39 is 0 Å². The van der Waals surface area contributed by atoms with E-state index in [4.69, 9.17) is 0 Å². The van der Waals surface area contributed by atoms with Gasteiger partial charge >= 0.3 is 0 Å². The largest absolute Gasteiger partial charge is 0.346 e. The van der Waals surface area contributed by atoms with Crippen LogP contribution in [0.1, 0.15) is 0 Å². The standard InChI is InChI=1S/C11H10N4/c1-5-12-6-2-10(1)14-9-15-11-3-7-13-8-4-11/h1-9H,(H,12,13,14,15). The molecule has 0 spiro atoms. The van der Waals surface area contributed by atoms with Crippen LogP contribution in [0.5, 0.6) is 0 Å². The third-order valence-corrected chi connectivity index (χ3v) is 1.79. The van der Waals surface area contributed by atoms with E-state index in [1.54, 1.807) is 31.1 Å². The quantitative estimate of drug-likeness (QED) is 0.607. The van der Waals surface area contributed by atoms with Crippen molar-refractivity contribution in [1.29, 1.82) is 0 Å². The van der Waals surface area contributed by atoms with Gasteiger partial charge < -0.3 is 5.32 Å². The van der Waals surface area contributed by atoms with E-state index in [9.17, 15) is 0 Å². The van der Waals surface area contributed by atoms with Crippen molar-refractivity contribution in [3.05, 3.63) is 49.1 Å². The lowest BCUT2D eigenvalue weighted by Gasteiger charge is -1.97. The molecule has 1 N–H and O–H groups in total. The molecule has 0 saturated carbocycles. The molecule has 0 aliphatic heterocycles. The number of nitrogens with zero attached hydrogens (tertiary/aromatic N) is 3. The summed E-state index contributed by atoms with van der Waals surface area (Å²) in [6, 6.07) is 7.42. The molecule has 2 aromatic rings. The first-order chi connectivity index (χ1) is 7.45. The van der Waals surface area contributed by atoms with Crippen LogP contribution in [0, 0.1) is 0 Å². The predicted molar refractivity (Wildman–Crippen MR) is 60.2 cm³/mol. The fourth-order valence-corrected chi connectivity index (χ4v) is 1.06. The van der Waals surface area contributed by atoms with E-state index in [0.717, 1.165) is 11.4 Å². The summed E-state index contributed by atoms with van der Waals surface area (Å²) in [5, 5.41) is 3.04. The Kier molecular flexibility index (Phi) is 3.02. The van der Waals surface area contributed by atoms with Crippen molar-refractivity contribution in [2.75, 3.05) is 5.32 Å². The van der Waals surface area contributed by atoms with Crippen LogP contribution < -0.4 is 5.32 Å². The lowest BCUT2D eigenvalue weighted by atomic mass is 10.4. The first-order valence-electron chi connectivity index (χ1n) is 4.54. The van der Waals surface area contributed by atoms with Gasteiger partial charge in [0.05, 0.1) is 12.0 Å². The summed E-state index contributed by atoms with van der Waals surface area (Å²) in [5.41, 5.74) is 1.83. The zero-order valence-corrected chi connectivity index (χ0v) is 8.04. The fourth-order valence-electron chi connectivity index (χ4n) is 1.06. The van der Waals surface area contributed by atoms with Crippen LogP contribution in [-0.4, -0.2) is 16.3 Å². The van der Waals surface area contributed by atoms with Gasteiger partial charge in [-0.3, -0.25) is 9.97 Å². The topological polar surface area (TPSA) is 50.2 Å². The monoisotopic (exact) mass is 198 g/mol. The summed E-state index contributed by atoms with van der Waals surface area (Å²) in [6.07, 6.45) is 8.51. The van der Waals surface area contributed by atoms with Crippen LogP contribution in [0.2, 0.25) is 0 Å². The molecule has 0 aliphatic carbocycles. The first-order valence-corrected chi connectivity index (χ1v) is 4.54. The van der Waals surface area contributed by atoms with Gasteiger partial charge in [-0.15, -0.1) is 0 Å². The number of rotatable bonds is 3. The highest BCUT2D eigenvalue weighted by Crippen LogP contribution is 2.07. The molecular weight excluding hydrogens is 188 g/mol. The number of hydrogen-bond donors (Lipinski definition) is 1. The summed E-state index contributed by atoms with van der Waals surface area (Å²) in [7, 11) is 0. The van der Waals surface area contributed by atoms with E-state index in [0.29, 0.717) is 0 Å². The van der Waals surface area contributed by atoms with Crippen LogP contribution in [0.15, 0.2) is 54.0 Å². The van der Waals surface area contributed by atoms with Crippen molar-refractivity contribution in [1.82, 2.24) is 9.97 Å². The molecule has 0 amide bonds. The minimum absolute atomic E-state index is 0.867. The Morgan fingerprint density at radius 3 is 2.20 bits per heavy atom. The summed E-state index contributed by atoms with van der Waals surface area (Å²) in [5.74, 6) is 0. The molecular formula is C11H10N4. The molecule has 4 heteroatoms. The van der Waals surface area contributed by atoms with Crippen LogP contribution in [0.4, 0.5) is 11.4 Å². The second-order valence-corrected chi connectivity index (χ2v) is 2.84. The Bertz CT molecular complexity index is 425. The number of aliphatic imine (C=N–C) groups is 1. The zero-order valence-electron chi connectivity index (χ0n) is 8.04. The van der Waals surface area contributed by atoms with Crippen LogP contribution in [0.25, 0.3) is 0 Å². The van der Waals surface area contributed by atoms with Crippen LogP contribution in [0.3, 0.4) is 0 Å². The predicted octanol–water partition coefficient (Wildman–Crippen LogP) is 2.25. The Labute approximate surface area is 87.7 Å². The molecule has 0 atom stereocenters. The molecule has 4 nitrogen and oxygen atoms in total. The van der Waals surface area contributed by atoms with Crippen LogP contribution >= 0.6 is 0 Å². The molecule has 0 radical (unpaired) electrons. The van der Waals surface area contributed by atoms with Crippen molar-refractivity contribution < 1.29 is 0 Å². The van der Waals surface area contributed by atoms with Crippen molar-refractivity contribution in [2.24, 2.45) is 4.99 Å². The lowest BCUT2D eigenvalue weighted by molar-refractivity contribution is 1.31. The third-order valence-electron chi connectivity index (χ3n) is 1.79. The van der Waals surface area contributed by atoms with Crippen molar-refractivity contribution in [3.63, 3.8) is 0 Å². The highest BCUT2D eigenvalue weighted by molar-refractivity contribution is 5.77. The normalized spacial score (nSPS) is 10.4. The summed E-state index contributed by atoms with van der Waals surface area (Å²) < 4.78 is 0. The average molecular weight is 198 g/mol. The van der Waals surface area contributed by atoms with Gasteiger partial charge in [0.25, 0.3) is 0 Å². The van der Waals surface area contributed by atoms with Gasteiger partial charge in [-0.2, -0.15) is 0 Å². The molecule has 2 rings (SSSR count). The number of nitrogens with one attached hydrogen (secondary N) is 1. The maximum atomic E-state index is 4.20. The van der Waals surface area contributed by atoms with Gasteiger partial charge in [-0.25, -0.2) is 4.99 Å². The van der Waals surface area contributed by atoms with E-state index >= 15 is 0 Å². The van der Waals surface area contributed by atoms with E-state index in [-0.39, 0.29) is 0 Å². The van der Waals surface area contributed by atoms with E-state index in [1.165, 1.54) is 0 Å². The number of anilines is 1. The molecule has 0 bridgehead atoms. The summed E-state index contributed by atoms with van der Waals surface area (Å²) in [4.78, 5) is 12.0. The highest BCUT2D eigenvalue weighted by atomic mass is 14.9. The molecule has 0 unspecified atom stereocenters. The maximum Gasteiger partial charge on any atom is 0.0930 e. The Morgan fingerprint density at radius 1 is 0.933 bits per heavy atom. The van der Waals surface area contributed by atoms with Crippen LogP contribution in [-0.2, 0) is 0 Å². The van der Waals surface area contributed by atoms with E-state index in [2.05, 4.69) is 20.3 Å². The second-order valence-electron chi connectivity index (χ2n) is 2.84. The maximum absolute atomic E-state index is 4.20. The van der Waals surface area contributed by atoms with Crippen molar-refractivity contribution in [2.45, 2.75) is 0 Å². The minimum atomic E-state index is 0.867. The molecule has 2 aromatic heterocycles. The smallest absolute Gasteiger partial charge is 0.0930 e. The lowest BCUT2D eigenvalue weighted by Crippen LogP contribution is -1.93. The average Bonchev–Trinajstić information content (AvgIpc) is 2.32. The molecule has 2 heterocycles. The van der Waals surface area contributed by atoms with Crippen molar-refractivity contribution in [3.8, 4) is 0 Å². The SMILES string of the molecule is C(=Nc1ccncc1)Nc1ccncc1. The number of aromatic nitrogens is 2. The van der Waals surface area contributed by atoms with Gasteiger partial charge in [0.2, 0.25) is 0 Å². The number of pyridine rings is 2. The molecule has 15 heavy (non-hydrogen) atoms. The van der Waals surface area contributed by atoms with Gasteiger partial charge in [0.15, 0.2) is 0 Å². The highest BCUT2D eigenvalue weighted by Gasteiger charge is 1.86. The Hall–Kier alpha value is -2.23. The van der Waals surface area contributed by atoms with E-state index in [1.807, 2.05) is 24.3 Å². The molecule has 0 aliphatic rings. The number of hydrogen-bond acceptors (Lipinski definition) is 3. The Morgan fingerprint density at radius 2 is 1.53 bits per heavy atom. The Balaban J connectivity index is 1.97. The molecule has 0 aromatic carbocycles. The second kappa shape index (κ2) is 4.85. The molecule has 0 fully saturated rings. The van der Waals surface area contributed by atoms with Gasteiger partial charge in [0.1, 0.15) is 0 Å². The van der Waals surface area contributed by atoms with Gasteiger partial charge in [-0.05, 0) is 24.3 Å². The van der Waals surface area contributed by atoms with Crippen molar-refractivity contribution >= 4 is 17.7 Å². The third kappa shape index (κ3) is 2.87. The zero-order chi connectivity index (χ0) is 10.3. The van der Waals surface area contributed by atoms with Gasteiger partial charge in [-0.1, -0.05) is 0 Å². The summed E-state index contributed by atoms with van der Waals surface area (Å²) >= 11 is 0.